The number of aromatic amines is 1. The van der Waals surface area contributed by atoms with Crippen molar-refractivity contribution in [2.45, 2.75) is 52.9 Å². The first-order valence-electron chi connectivity index (χ1n) is 7.97. The van der Waals surface area contributed by atoms with Crippen LogP contribution in [0.3, 0.4) is 0 Å². The minimum Gasteiger partial charge on any atom is -0.478 e. The highest BCUT2D eigenvalue weighted by Gasteiger charge is 2.17. The van der Waals surface area contributed by atoms with Crippen molar-refractivity contribution in [3.63, 3.8) is 0 Å². The molecule has 0 unspecified atom stereocenters. The molecular formula is C18H23NO3. The summed E-state index contributed by atoms with van der Waals surface area (Å²) in [6.45, 7) is 6.06. The number of hydrogen-bond acceptors (Lipinski definition) is 2. The van der Waals surface area contributed by atoms with Gasteiger partial charge in [-0.3, -0.25) is 4.79 Å². The van der Waals surface area contributed by atoms with Gasteiger partial charge in [-0.05, 0) is 37.0 Å². The summed E-state index contributed by atoms with van der Waals surface area (Å²) in [4.78, 5) is 27.6. The molecule has 22 heavy (non-hydrogen) atoms. The number of carbonyl (C=O) groups is 1. The van der Waals surface area contributed by atoms with Gasteiger partial charge in [-0.2, -0.15) is 0 Å². The number of aromatic nitrogens is 1. The average Bonchev–Trinajstić information content (AvgIpc) is 2.50. The molecule has 0 radical (unpaired) electrons. The Morgan fingerprint density at radius 1 is 1.14 bits per heavy atom. The monoisotopic (exact) mass is 301 g/mol. The molecule has 0 aliphatic heterocycles. The molecule has 4 heteroatoms. The van der Waals surface area contributed by atoms with E-state index in [9.17, 15) is 14.7 Å². The Bertz CT molecular complexity index is 759. The Balaban J connectivity index is 2.88. The summed E-state index contributed by atoms with van der Waals surface area (Å²) in [7, 11) is 0. The van der Waals surface area contributed by atoms with Crippen molar-refractivity contribution in [1.82, 2.24) is 4.98 Å². The Labute approximate surface area is 130 Å². The molecule has 118 valence electrons. The minimum atomic E-state index is -0.998. The van der Waals surface area contributed by atoms with Gasteiger partial charge in [-0.1, -0.05) is 33.6 Å². The Morgan fingerprint density at radius 3 is 2.36 bits per heavy atom. The Kier molecular flexibility index (Phi) is 5.01. The summed E-state index contributed by atoms with van der Waals surface area (Å²) in [5.74, 6) is -0.998. The van der Waals surface area contributed by atoms with Crippen LogP contribution in [-0.2, 0) is 19.3 Å². The fraction of sp³-hybridized carbons (Fsp3) is 0.444. The first-order valence-corrected chi connectivity index (χ1v) is 7.97. The maximum Gasteiger partial charge on any atom is 0.337 e. The van der Waals surface area contributed by atoms with Crippen molar-refractivity contribution >= 4 is 16.9 Å². The SMILES string of the molecule is CCCc1[nH]c2c(C(=O)O)cc(CC)cc2c(=O)c1CCC. The first kappa shape index (κ1) is 16.3. The number of carboxylic acid groups (broad SMARTS) is 1. The fourth-order valence-corrected chi connectivity index (χ4v) is 2.89. The van der Waals surface area contributed by atoms with Gasteiger partial charge < -0.3 is 10.1 Å². The molecule has 1 aromatic carbocycles. The van der Waals surface area contributed by atoms with Gasteiger partial charge in [0, 0.05) is 16.6 Å². The van der Waals surface area contributed by atoms with Crippen LogP contribution in [0.2, 0.25) is 0 Å². The second-order valence-electron chi connectivity index (χ2n) is 5.64. The fourth-order valence-electron chi connectivity index (χ4n) is 2.89. The lowest BCUT2D eigenvalue weighted by atomic mass is 9.97. The normalized spacial score (nSPS) is 11.0. The highest BCUT2D eigenvalue weighted by molar-refractivity contribution is 6.02. The van der Waals surface area contributed by atoms with Gasteiger partial charge in [-0.15, -0.1) is 0 Å². The highest BCUT2D eigenvalue weighted by atomic mass is 16.4. The number of nitrogens with one attached hydrogen (secondary N) is 1. The van der Waals surface area contributed by atoms with Gasteiger partial charge in [0.2, 0.25) is 0 Å². The summed E-state index contributed by atoms with van der Waals surface area (Å²) in [6.07, 6.45) is 3.99. The second kappa shape index (κ2) is 6.77. The maximum absolute atomic E-state index is 12.8. The third-order valence-corrected chi connectivity index (χ3v) is 4.00. The molecule has 0 fully saturated rings. The number of aryl methyl sites for hydroxylation is 2. The molecule has 0 bridgehead atoms. The maximum atomic E-state index is 12.8. The van der Waals surface area contributed by atoms with Crippen molar-refractivity contribution in [3.05, 3.63) is 44.7 Å². The molecule has 2 N–H and O–H groups in total. The van der Waals surface area contributed by atoms with Crippen LogP contribution in [0, 0.1) is 0 Å². The van der Waals surface area contributed by atoms with Crippen molar-refractivity contribution < 1.29 is 9.90 Å². The van der Waals surface area contributed by atoms with Gasteiger partial charge in [0.25, 0.3) is 0 Å². The number of rotatable bonds is 6. The molecule has 0 atom stereocenters. The number of H-pyrrole nitrogens is 1. The van der Waals surface area contributed by atoms with Crippen molar-refractivity contribution in [3.8, 4) is 0 Å². The molecule has 0 spiro atoms. The first-order chi connectivity index (χ1) is 10.5. The molecule has 0 amide bonds. The number of aromatic carboxylic acids is 1. The van der Waals surface area contributed by atoms with Gasteiger partial charge in [0.1, 0.15) is 0 Å². The van der Waals surface area contributed by atoms with E-state index in [1.54, 1.807) is 6.07 Å². The third-order valence-electron chi connectivity index (χ3n) is 4.00. The summed E-state index contributed by atoms with van der Waals surface area (Å²) in [5.41, 5.74) is 3.19. The molecule has 1 aromatic heterocycles. The lowest BCUT2D eigenvalue weighted by Crippen LogP contribution is -2.17. The summed E-state index contributed by atoms with van der Waals surface area (Å²) in [6, 6.07) is 3.49. The number of pyridine rings is 1. The number of benzene rings is 1. The third kappa shape index (κ3) is 2.91. The molecule has 0 aliphatic carbocycles. The molecule has 4 nitrogen and oxygen atoms in total. The molecule has 2 aromatic rings. The van der Waals surface area contributed by atoms with Crippen LogP contribution in [0.5, 0.6) is 0 Å². The predicted octanol–water partition coefficient (Wildman–Crippen LogP) is 3.69. The van der Waals surface area contributed by atoms with E-state index >= 15 is 0 Å². The molecule has 0 saturated carbocycles. The van der Waals surface area contributed by atoms with Crippen LogP contribution in [0.4, 0.5) is 0 Å². The molecule has 0 aliphatic rings. The molecule has 0 saturated heterocycles. The zero-order valence-corrected chi connectivity index (χ0v) is 13.5. The minimum absolute atomic E-state index is 0.0168. The molecule has 1 heterocycles. The van der Waals surface area contributed by atoms with Crippen molar-refractivity contribution in [2.75, 3.05) is 0 Å². The van der Waals surface area contributed by atoms with Crippen molar-refractivity contribution in [2.24, 2.45) is 0 Å². The zero-order valence-electron chi connectivity index (χ0n) is 13.5. The second-order valence-corrected chi connectivity index (χ2v) is 5.64. The largest absolute Gasteiger partial charge is 0.478 e. The van der Waals surface area contributed by atoms with Crippen LogP contribution in [0.25, 0.3) is 10.9 Å². The van der Waals surface area contributed by atoms with Gasteiger partial charge in [0.05, 0.1) is 11.1 Å². The van der Waals surface area contributed by atoms with Gasteiger partial charge in [0.15, 0.2) is 5.43 Å². The summed E-state index contributed by atoms with van der Waals surface area (Å²) >= 11 is 0. The van der Waals surface area contributed by atoms with E-state index in [4.69, 9.17) is 0 Å². The van der Waals surface area contributed by atoms with Gasteiger partial charge in [-0.25, -0.2) is 4.79 Å². The van der Waals surface area contributed by atoms with Gasteiger partial charge >= 0.3 is 5.97 Å². The van der Waals surface area contributed by atoms with E-state index in [0.29, 0.717) is 17.3 Å². The summed E-state index contributed by atoms with van der Waals surface area (Å²) in [5, 5.41) is 9.97. The number of hydrogen-bond donors (Lipinski definition) is 2. The van der Waals surface area contributed by atoms with E-state index in [1.165, 1.54) is 0 Å². The van der Waals surface area contributed by atoms with E-state index in [0.717, 1.165) is 42.5 Å². The Morgan fingerprint density at radius 2 is 1.82 bits per heavy atom. The smallest absolute Gasteiger partial charge is 0.337 e. The van der Waals surface area contributed by atoms with E-state index < -0.39 is 5.97 Å². The van der Waals surface area contributed by atoms with Crippen LogP contribution < -0.4 is 5.43 Å². The van der Waals surface area contributed by atoms with Crippen LogP contribution in [0.15, 0.2) is 16.9 Å². The number of fused-ring (bicyclic) bond motifs is 1. The quantitative estimate of drug-likeness (QED) is 0.854. The Hall–Kier alpha value is -2.10. The topological polar surface area (TPSA) is 70.2 Å². The van der Waals surface area contributed by atoms with E-state index in [-0.39, 0.29) is 11.0 Å². The van der Waals surface area contributed by atoms with Crippen LogP contribution in [-0.4, -0.2) is 16.1 Å². The van der Waals surface area contributed by atoms with Crippen LogP contribution >= 0.6 is 0 Å². The predicted molar refractivity (Wildman–Crippen MR) is 88.9 cm³/mol. The van der Waals surface area contributed by atoms with Crippen molar-refractivity contribution in [1.29, 1.82) is 0 Å². The standard InChI is InChI=1S/C18H23NO3/c1-4-7-12-15(8-5-2)19-16-13(17(12)20)9-11(6-3)10-14(16)18(21)22/h9-10H,4-8H2,1-3H3,(H,19,20)(H,21,22). The average molecular weight is 301 g/mol. The zero-order chi connectivity index (χ0) is 16.3. The molecular weight excluding hydrogens is 278 g/mol. The molecule has 2 rings (SSSR count). The highest BCUT2D eigenvalue weighted by Crippen LogP contribution is 2.21. The van der Waals surface area contributed by atoms with Crippen LogP contribution in [0.1, 0.15) is 60.8 Å². The van der Waals surface area contributed by atoms with E-state index in [1.807, 2.05) is 19.9 Å². The summed E-state index contributed by atoms with van der Waals surface area (Å²) < 4.78 is 0. The lowest BCUT2D eigenvalue weighted by Gasteiger charge is -2.13. The van der Waals surface area contributed by atoms with E-state index in [2.05, 4.69) is 11.9 Å². The lowest BCUT2D eigenvalue weighted by molar-refractivity contribution is 0.0698. The number of carboxylic acids is 1.